The third-order valence-electron chi connectivity index (χ3n) is 3.21. The monoisotopic (exact) mass is 286 g/mol. The van der Waals surface area contributed by atoms with Crippen molar-refractivity contribution in [3.05, 3.63) is 59.9 Å². The summed E-state index contributed by atoms with van der Waals surface area (Å²) in [5.41, 5.74) is 8.02. The Hall–Kier alpha value is -1.91. The molecule has 0 amide bonds. The van der Waals surface area contributed by atoms with Crippen molar-refractivity contribution in [2.45, 2.75) is 32.4 Å². The van der Waals surface area contributed by atoms with Crippen molar-refractivity contribution in [3.63, 3.8) is 0 Å². The summed E-state index contributed by atoms with van der Waals surface area (Å²) in [6.07, 6.45) is 3.46. The smallest absolute Gasteiger partial charge is 0.189 e. The van der Waals surface area contributed by atoms with Crippen molar-refractivity contribution in [1.29, 1.82) is 0 Å². The highest BCUT2D eigenvalue weighted by molar-refractivity contribution is 5.20. The van der Waals surface area contributed by atoms with Crippen molar-refractivity contribution in [2.24, 2.45) is 5.73 Å². The first kappa shape index (κ1) is 15.5. The van der Waals surface area contributed by atoms with E-state index in [9.17, 15) is 0 Å². The minimum Gasteiger partial charge on any atom is -0.466 e. The maximum Gasteiger partial charge on any atom is 0.189 e. The molecule has 0 radical (unpaired) electrons. The normalized spacial score (nSPS) is 12.1. The van der Waals surface area contributed by atoms with E-state index in [2.05, 4.69) is 11.9 Å². The van der Waals surface area contributed by atoms with Crippen LogP contribution in [0.25, 0.3) is 0 Å². The van der Waals surface area contributed by atoms with Crippen LogP contribution in [0.5, 0.6) is 5.75 Å². The minimum absolute atomic E-state index is 0.165. The fraction of sp³-hybridized carbons (Fsp3) is 0.353. The van der Waals surface area contributed by atoms with Gasteiger partial charge in [-0.05, 0) is 24.1 Å². The van der Waals surface area contributed by atoms with E-state index in [1.165, 1.54) is 0 Å². The lowest BCUT2D eigenvalue weighted by Gasteiger charge is -2.09. The Labute approximate surface area is 125 Å². The van der Waals surface area contributed by atoms with E-state index in [0.29, 0.717) is 12.4 Å². The zero-order valence-corrected chi connectivity index (χ0v) is 12.4. The molecule has 2 N–H and O–H groups in total. The van der Waals surface area contributed by atoms with Gasteiger partial charge in [0.15, 0.2) is 6.79 Å². The van der Waals surface area contributed by atoms with Crippen molar-refractivity contribution in [3.8, 4) is 5.75 Å². The lowest BCUT2D eigenvalue weighted by atomic mass is 10.1. The lowest BCUT2D eigenvalue weighted by Crippen LogP contribution is -2.21. The molecule has 1 aromatic carbocycles. The summed E-state index contributed by atoms with van der Waals surface area (Å²) in [6, 6.07) is 14.0. The molecule has 0 bridgehead atoms. The summed E-state index contributed by atoms with van der Waals surface area (Å²) < 4.78 is 11.0. The maximum absolute atomic E-state index is 5.91. The zero-order chi connectivity index (χ0) is 14.9. The molecular formula is C17H22N2O2. The minimum atomic E-state index is 0.165. The Balaban J connectivity index is 1.71. The Morgan fingerprint density at radius 3 is 2.62 bits per heavy atom. The topological polar surface area (TPSA) is 57.4 Å². The number of nitrogens with zero attached hydrogens (tertiary/aromatic N) is 1. The van der Waals surface area contributed by atoms with E-state index < -0.39 is 0 Å². The number of ether oxygens (including phenoxy) is 2. The third-order valence-corrected chi connectivity index (χ3v) is 3.21. The van der Waals surface area contributed by atoms with Gasteiger partial charge in [-0.3, -0.25) is 4.98 Å². The van der Waals surface area contributed by atoms with Gasteiger partial charge >= 0.3 is 0 Å². The average Bonchev–Trinajstić information content (AvgIpc) is 2.54. The van der Waals surface area contributed by atoms with Gasteiger partial charge in [0.05, 0.1) is 12.8 Å². The van der Waals surface area contributed by atoms with Gasteiger partial charge in [0.2, 0.25) is 0 Å². The summed E-state index contributed by atoms with van der Waals surface area (Å²) in [5, 5.41) is 0. The molecule has 0 aliphatic carbocycles. The Morgan fingerprint density at radius 1 is 1.14 bits per heavy atom. The number of rotatable bonds is 8. The summed E-state index contributed by atoms with van der Waals surface area (Å²) in [5.74, 6) is 0.705. The number of nitrogens with two attached hydrogens (primary N) is 1. The molecule has 0 saturated carbocycles. The molecule has 1 unspecified atom stereocenters. The Bertz CT molecular complexity index is 514. The Kier molecular flexibility index (Phi) is 6.19. The molecule has 0 saturated heterocycles. The van der Waals surface area contributed by atoms with Gasteiger partial charge < -0.3 is 15.2 Å². The molecule has 0 aliphatic rings. The quantitative estimate of drug-likeness (QED) is 0.599. The predicted octanol–water partition coefficient (Wildman–Crippen LogP) is 2.91. The van der Waals surface area contributed by atoms with Crippen LogP contribution in [0.15, 0.2) is 48.7 Å². The van der Waals surface area contributed by atoms with Gasteiger partial charge in [-0.2, -0.15) is 0 Å². The number of hydrogen-bond acceptors (Lipinski definition) is 4. The number of hydrogen-bond donors (Lipinski definition) is 1. The third kappa shape index (κ3) is 5.53. The highest BCUT2D eigenvalue weighted by atomic mass is 16.7. The van der Waals surface area contributed by atoms with E-state index >= 15 is 0 Å². The number of benzene rings is 1. The van der Waals surface area contributed by atoms with E-state index in [1.54, 1.807) is 6.20 Å². The van der Waals surface area contributed by atoms with Crippen molar-refractivity contribution in [1.82, 2.24) is 4.98 Å². The zero-order valence-electron chi connectivity index (χ0n) is 12.4. The van der Waals surface area contributed by atoms with Crippen LogP contribution < -0.4 is 10.5 Å². The number of aromatic nitrogens is 1. The molecule has 2 aromatic rings. The van der Waals surface area contributed by atoms with Gasteiger partial charge in [0.1, 0.15) is 5.75 Å². The molecule has 2 rings (SSSR count). The largest absolute Gasteiger partial charge is 0.466 e. The molecule has 1 heterocycles. The molecule has 112 valence electrons. The van der Waals surface area contributed by atoms with Gasteiger partial charge in [0.25, 0.3) is 0 Å². The van der Waals surface area contributed by atoms with E-state index in [-0.39, 0.29) is 12.8 Å². The van der Waals surface area contributed by atoms with E-state index in [1.807, 2.05) is 42.5 Å². The van der Waals surface area contributed by atoms with Crippen molar-refractivity contribution >= 4 is 0 Å². The molecule has 4 heteroatoms. The molecule has 21 heavy (non-hydrogen) atoms. The van der Waals surface area contributed by atoms with E-state index in [0.717, 1.165) is 24.1 Å². The van der Waals surface area contributed by atoms with Crippen LogP contribution in [0.4, 0.5) is 0 Å². The summed E-state index contributed by atoms with van der Waals surface area (Å²) in [7, 11) is 0. The highest BCUT2D eigenvalue weighted by Gasteiger charge is 2.03. The van der Waals surface area contributed by atoms with Crippen LogP contribution in [0, 0.1) is 0 Å². The summed E-state index contributed by atoms with van der Waals surface area (Å²) >= 11 is 0. The average molecular weight is 286 g/mol. The lowest BCUT2D eigenvalue weighted by molar-refractivity contribution is 0.00483. The van der Waals surface area contributed by atoms with Crippen molar-refractivity contribution in [2.75, 3.05) is 6.79 Å². The molecule has 0 fully saturated rings. The molecule has 4 nitrogen and oxygen atoms in total. The second-order valence-electron chi connectivity index (χ2n) is 4.95. The van der Waals surface area contributed by atoms with Gasteiger partial charge in [-0.1, -0.05) is 37.3 Å². The molecule has 0 spiro atoms. The summed E-state index contributed by atoms with van der Waals surface area (Å²) in [4.78, 5) is 4.34. The van der Waals surface area contributed by atoms with Gasteiger partial charge in [-0.15, -0.1) is 0 Å². The van der Waals surface area contributed by atoms with Crippen LogP contribution >= 0.6 is 0 Å². The highest BCUT2D eigenvalue weighted by Crippen LogP contribution is 2.11. The second kappa shape index (κ2) is 8.39. The predicted molar refractivity (Wildman–Crippen MR) is 82.9 cm³/mol. The van der Waals surface area contributed by atoms with Crippen molar-refractivity contribution < 1.29 is 9.47 Å². The standard InChI is InChI=1S/C17H22N2O2/c1-2-15(18)10-16-8-9-17(11-19-16)21-13-20-12-14-6-4-3-5-7-14/h3-9,11,15H,2,10,12-13,18H2,1H3. The first-order valence-electron chi connectivity index (χ1n) is 7.23. The van der Waals surface area contributed by atoms with Crippen LogP contribution in [-0.4, -0.2) is 17.8 Å². The molecule has 1 aromatic heterocycles. The van der Waals surface area contributed by atoms with Gasteiger partial charge in [0, 0.05) is 18.2 Å². The first-order valence-corrected chi connectivity index (χ1v) is 7.23. The van der Waals surface area contributed by atoms with Crippen LogP contribution in [0.1, 0.15) is 24.6 Å². The van der Waals surface area contributed by atoms with Crippen LogP contribution in [0.2, 0.25) is 0 Å². The van der Waals surface area contributed by atoms with E-state index in [4.69, 9.17) is 15.2 Å². The van der Waals surface area contributed by atoms with Crippen LogP contribution in [-0.2, 0) is 17.8 Å². The SMILES string of the molecule is CCC(N)Cc1ccc(OCOCc2ccccc2)cn1. The fourth-order valence-corrected chi connectivity index (χ4v) is 1.87. The number of pyridine rings is 1. The summed E-state index contributed by atoms with van der Waals surface area (Å²) in [6.45, 7) is 2.83. The first-order chi connectivity index (χ1) is 10.3. The molecule has 1 atom stereocenters. The molecule has 0 aliphatic heterocycles. The maximum atomic E-state index is 5.91. The second-order valence-corrected chi connectivity index (χ2v) is 4.95. The fourth-order valence-electron chi connectivity index (χ4n) is 1.87. The van der Waals surface area contributed by atoms with Crippen LogP contribution in [0.3, 0.4) is 0 Å². The Morgan fingerprint density at radius 2 is 1.95 bits per heavy atom. The molecular weight excluding hydrogens is 264 g/mol. The van der Waals surface area contributed by atoms with Gasteiger partial charge in [-0.25, -0.2) is 0 Å².